The largest absolute Gasteiger partial charge is 0.490 e. The number of rotatable bonds is 10. The monoisotopic (exact) mass is 550 g/mol. The zero-order chi connectivity index (χ0) is 24.3. The first-order valence-electron chi connectivity index (χ1n) is 12.6. The second kappa shape index (κ2) is 11.1. The molecule has 1 N–H and O–H groups in total. The van der Waals surface area contributed by atoms with Crippen molar-refractivity contribution in [2.24, 2.45) is 5.92 Å². The molecule has 1 aliphatic carbocycles. The summed E-state index contributed by atoms with van der Waals surface area (Å²) in [5.74, 6) is 1.43. The molecule has 2 heterocycles. The van der Waals surface area contributed by atoms with Crippen molar-refractivity contribution in [3.05, 3.63) is 29.0 Å². The summed E-state index contributed by atoms with van der Waals surface area (Å²) in [6, 6.07) is 5.87. The van der Waals surface area contributed by atoms with Crippen LogP contribution >= 0.6 is 15.9 Å². The molecule has 2 fully saturated rings. The van der Waals surface area contributed by atoms with E-state index in [1.165, 1.54) is 5.39 Å². The van der Waals surface area contributed by atoms with Gasteiger partial charge in [0.1, 0.15) is 19.1 Å². The van der Waals surface area contributed by atoms with Crippen LogP contribution in [-0.2, 0) is 9.53 Å². The maximum atomic E-state index is 12.4. The van der Waals surface area contributed by atoms with Crippen molar-refractivity contribution in [1.29, 1.82) is 0 Å². The van der Waals surface area contributed by atoms with Crippen LogP contribution in [0.25, 0.3) is 10.8 Å². The summed E-state index contributed by atoms with van der Waals surface area (Å²) in [6.07, 6.45) is 10.2. The van der Waals surface area contributed by atoms with Crippen molar-refractivity contribution in [2.45, 2.75) is 76.3 Å². The van der Waals surface area contributed by atoms with Gasteiger partial charge in [0.15, 0.2) is 0 Å². The fourth-order valence-electron chi connectivity index (χ4n) is 4.98. The van der Waals surface area contributed by atoms with Crippen LogP contribution in [0.4, 0.5) is 0 Å². The van der Waals surface area contributed by atoms with Gasteiger partial charge in [0.25, 0.3) is 0 Å². The van der Waals surface area contributed by atoms with Crippen molar-refractivity contribution in [3.63, 3.8) is 0 Å². The van der Waals surface area contributed by atoms with Gasteiger partial charge in [0.2, 0.25) is 5.91 Å². The molecule has 1 aromatic carbocycles. The number of fused-ring (bicyclic) bond motifs is 1. The minimum atomic E-state index is -1.14. The molecule has 34 heavy (non-hydrogen) atoms. The number of halogens is 1. The number of aromatic nitrogens is 1. The lowest BCUT2D eigenvalue weighted by Crippen LogP contribution is -2.39. The molecule has 4 rings (SSSR count). The molecule has 6 nitrogen and oxygen atoms in total. The number of carbonyl (C=O) groups is 1. The summed E-state index contributed by atoms with van der Waals surface area (Å²) < 4.78 is 15.4. The molecule has 188 valence electrons. The Kier molecular flexibility index (Phi) is 8.43. The average molecular weight is 552 g/mol. The van der Waals surface area contributed by atoms with E-state index in [9.17, 15) is 9.90 Å². The highest BCUT2D eigenvalue weighted by molar-refractivity contribution is 9.10. The number of hydrogen-bond acceptors (Lipinski definition) is 4. The Hall–Kier alpha value is -1.35. The summed E-state index contributed by atoms with van der Waals surface area (Å²) >= 11 is 3.68. The summed E-state index contributed by atoms with van der Waals surface area (Å²) in [7, 11) is -1.14. The second-order valence-corrected chi connectivity index (χ2v) is 17.7. The molecule has 1 saturated heterocycles. The number of nitrogens with zero attached hydrogens (tertiary/aromatic N) is 2. The molecule has 1 saturated carbocycles. The molecule has 1 aromatic heterocycles. The van der Waals surface area contributed by atoms with Gasteiger partial charge in [-0.15, -0.1) is 0 Å². The van der Waals surface area contributed by atoms with Crippen LogP contribution in [0.1, 0.15) is 44.6 Å². The van der Waals surface area contributed by atoms with Crippen molar-refractivity contribution in [2.75, 3.05) is 26.6 Å². The Bertz CT molecular complexity index is 981. The Morgan fingerprint density at radius 1 is 1.09 bits per heavy atom. The highest BCUT2D eigenvalue weighted by Crippen LogP contribution is 2.36. The molecule has 0 spiro atoms. The zero-order valence-electron chi connectivity index (χ0n) is 20.8. The maximum absolute atomic E-state index is 12.4. The number of benzene rings is 1. The van der Waals surface area contributed by atoms with Crippen LogP contribution < -0.4 is 4.74 Å². The number of hydrogen-bond donors (Lipinski definition) is 1. The van der Waals surface area contributed by atoms with Gasteiger partial charge in [-0.25, -0.2) is 0 Å². The van der Waals surface area contributed by atoms with Crippen molar-refractivity contribution in [1.82, 2.24) is 9.47 Å². The fourth-order valence-corrected chi connectivity index (χ4v) is 6.22. The van der Waals surface area contributed by atoms with Gasteiger partial charge in [-0.2, -0.15) is 0 Å². The standard InChI is InChI=1S/C26H39BrN2O4Si/c1-34(2,3)11-10-32-18-29-23(8-9-26(29)31)17-33-25-13-21-15-28(14-20(21)12-24(25)27)22-6-4-19(16-30)5-7-22/h12-15,19,22-23,30H,4-11,16-18H2,1-3H3/t19-,22-,23-/m0/s1. The van der Waals surface area contributed by atoms with Gasteiger partial charge in [-0.3, -0.25) is 4.79 Å². The molecule has 1 amide bonds. The molecular weight excluding hydrogens is 512 g/mol. The summed E-state index contributed by atoms with van der Waals surface area (Å²) in [4.78, 5) is 14.2. The lowest BCUT2D eigenvalue weighted by atomic mass is 9.86. The number of carbonyl (C=O) groups excluding carboxylic acids is 1. The van der Waals surface area contributed by atoms with E-state index < -0.39 is 8.07 Å². The van der Waals surface area contributed by atoms with E-state index in [1.54, 1.807) is 0 Å². The van der Waals surface area contributed by atoms with Crippen molar-refractivity contribution in [3.8, 4) is 5.75 Å². The molecule has 0 radical (unpaired) electrons. The summed E-state index contributed by atoms with van der Waals surface area (Å²) in [6.45, 7) is 8.85. The first kappa shape index (κ1) is 25.7. The molecular formula is C26H39BrN2O4Si. The fraction of sp³-hybridized carbons (Fsp3) is 0.654. The number of aliphatic hydroxyl groups excluding tert-OH is 1. The van der Waals surface area contributed by atoms with Gasteiger partial charge >= 0.3 is 0 Å². The number of ether oxygens (including phenoxy) is 2. The third-order valence-electron chi connectivity index (χ3n) is 7.32. The second-order valence-electron chi connectivity index (χ2n) is 11.2. The van der Waals surface area contributed by atoms with Crippen molar-refractivity contribution < 1.29 is 19.4 Å². The molecule has 8 heteroatoms. The first-order chi connectivity index (χ1) is 16.2. The van der Waals surface area contributed by atoms with E-state index in [0.717, 1.165) is 53.8 Å². The van der Waals surface area contributed by atoms with Crippen LogP contribution in [0.3, 0.4) is 0 Å². The molecule has 2 aromatic rings. The molecule has 0 unspecified atom stereocenters. The van der Waals surface area contributed by atoms with E-state index in [2.05, 4.69) is 64.7 Å². The van der Waals surface area contributed by atoms with Crippen LogP contribution in [0.5, 0.6) is 5.75 Å². The van der Waals surface area contributed by atoms with E-state index >= 15 is 0 Å². The van der Waals surface area contributed by atoms with Crippen LogP contribution in [0.15, 0.2) is 29.0 Å². The Morgan fingerprint density at radius 2 is 1.79 bits per heavy atom. The number of likely N-dealkylation sites (tertiary alicyclic amines) is 1. The topological polar surface area (TPSA) is 63.9 Å². The zero-order valence-corrected chi connectivity index (χ0v) is 23.3. The highest BCUT2D eigenvalue weighted by Gasteiger charge is 2.32. The van der Waals surface area contributed by atoms with E-state index in [-0.39, 0.29) is 11.9 Å². The Balaban J connectivity index is 1.36. The van der Waals surface area contributed by atoms with Gasteiger partial charge < -0.3 is 24.0 Å². The van der Waals surface area contributed by atoms with Gasteiger partial charge in [-0.1, -0.05) is 19.6 Å². The third-order valence-corrected chi connectivity index (χ3v) is 9.64. The average Bonchev–Trinajstić information content (AvgIpc) is 3.37. The lowest BCUT2D eigenvalue weighted by molar-refractivity contribution is -0.134. The van der Waals surface area contributed by atoms with Crippen LogP contribution in [-0.4, -0.2) is 61.1 Å². The molecule has 2 aliphatic rings. The summed E-state index contributed by atoms with van der Waals surface area (Å²) in [5.41, 5.74) is 0. The summed E-state index contributed by atoms with van der Waals surface area (Å²) in [5, 5.41) is 11.8. The normalized spacial score (nSPS) is 23.7. The van der Waals surface area contributed by atoms with Gasteiger partial charge in [-0.05, 0) is 72.1 Å². The minimum Gasteiger partial charge on any atom is -0.490 e. The Labute approximate surface area is 212 Å². The van der Waals surface area contributed by atoms with E-state index in [1.807, 2.05) is 4.90 Å². The van der Waals surface area contributed by atoms with Crippen LogP contribution in [0.2, 0.25) is 25.7 Å². The van der Waals surface area contributed by atoms with E-state index in [4.69, 9.17) is 9.47 Å². The number of amides is 1. The Morgan fingerprint density at radius 3 is 2.47 bits per heavy atom. The highest BCUT2D eigenvalue weighted by atomic mass is 79.9. The molecule has 1 atom stereocenters. The SMILES string of the molecule is C[Si](C)(C)CCOCN1C(=O)CC[C@H]1COc1cc2cn([C@H]3CC[C@H](CO)CC3)cc2cc1Br. The lowest BCUT2D eigenvalue weighted by Gasteiger charge is -2.28. The van der Waals surface area contributed by atoms with Crippen LogP contribution in [0, 0.1) is 5.92 Å². The first-order valence-corrected chi connectivity index (χ1v) is 17.1. The quantitative estimate of drug-likeness (QED) is 0.299. The maximum Gasteiger partial charge on any atom is 0.224 e. The van der Waals surface area contributed by atoms with Crippen molar-refractivity contribution >= 4 is 40.7 Å². The molecule has 1 aliphatic heterocycles. The van der Waals surface area contributed by atoms with E-state index in [0.29, 0.717) is 44.9 Å². The minimum absolute atomic E-state index is 0.0493. The predicted molar refractivity (Wildman–Crippen MR) is 142 cm³/mol. The van der Waals surface area contributed by atoms with Gasteiger partial charge in [0, 0.05) is 56.9 Å². The third kappa shape index (κ3) is 6.45. The number of aliphatic hydroxyl groups is 1. The molecule has 0 bridgehead atoms. The predicted octanol–water partition coefficient (Wildman–Crippen LogP) is 5.81. The van der Waals surface area contributed by atoms with Gasteiger partial charge in [0.05, 0.1) is 10.5 Å². The smallest absolute Gasteiger partial charge is 0.224 e.